The highest BCUT2D eigenvalue weighted by atomic mass is 35.5. The van der Waals surface area contributed by atoms with Crippen LogP contribution in [-0.2, 0) is 9.59 Å². The highest BCUT2D eigenvalue weighted by Gasteiger charge is 2.34. The highest BCUT2D eigenvalue weighted by Crippen LogP contribution is 2.27. The van der Waals surface area contributed by atoms with Gasteiger partial charge in [0, 0.05) is 5.02 Å². The maximum Gasteiger partial charge on any atom is 0.270 e. The van der Waals surface area contributed by atoms with Crippen LogP contribution in [0.2, 0.25) is 5.02 Å². The normalized spacial score (nSPS) is 16.0. The summed E-state index contributed by atoms with van der Waals surface area (Å²) in [5.41, 5.74) is 2.49. The summed E-state index contributed by atoms with van der Waals surface area (Å²) in [5.74, 6) is -0.981. The molecule has 0 saturated carbocycles. The summed E-state index contributed by atoms with van der Waals surface area (Å²) in [4.78, 5) is 26.9. The fourth-order valence-corrected chi connectivity index (χ4v) is 3.64. The molecule has 28 heavy (non-hydrogen) atoms. The number of rotatable bonds is 2. The van der Waals surface area contributed by atoms with Crippen molar-refractivity contribution < 1.29 is 9.59 Å². The molecule has 1 fully saturated rings. The monoisotopic (exact) mass is 406 g/mol. The van der Waals surface area contributed by atoms with E-state index >= 15 is 0 Å². The molecule has 0 aliphatic carbocycles. The number of aryl methyl sites for hydroxylation is 1. The zero-order valence-electron chi connectivity index (χ0n) is 14.9. The number of carbonyl (C=O) groups excluding carboxylic acids is 2. The molecule has 0 aromatic heterocycles. The lowest BCUT2D eigenvalue weighted by molar-refractivity contribution is -0.122. The molecule has 1 saturated heterocycles. The van der Waals surface area contributed by atoms with Crippen LogP contribution < -0.4 is 10.2 Å². The van der Waals surface area contributed by atoms with Crippen LogP contribution in [0.5, 0.6) is 0 Å². The van der Waals surface area contributed by atoms with Gasteiger partial charge in [-0.05, 0) is 71.4 Å². The first kappa shape index (κ1) is 18.3. The summed E-state index contributed by atoms with van der Waals surface area (Å²) in [6, 6.07) is 18.5. The number of halogens is 1. The molecule has 1 N–H and O–H groups in total. The van der Waals surface area contributed by atoms with Crippen LogP contribution in [0, 0.1) is 6.92 Å². The Morgan fingerprint density at radius 2 is 1.64 bits per heavy atom. The van der Waals surface area contributed by atoms with E-state index in [1.54, 1.807) is 30.3 Å². The van der Waals surface area contributed by atoms with Gasteiger partial charge in [0.05, 0.1) is 5.69 Å². The van der Waals surface area contributed by atoms with Gasteiger partial charge >= 0.3 is 0 Å². The van der Waals surface area contributed by atoms with Crippen molar-refractivity contribution in [2.24, 2.45) is 0 Å². The Morgan fingerprint density at radius 1 is 0.964 bits per heavy atom. The van der Waals surface area contributed by atoms with Crippen LogP contribution in [0.3, 0.4) is 0 Å². The number of nitrogens with one attached hydrogen (secondary N) is 1. The molecule has 0 bridgehead atoms. The summed E-state index contributed by atoms with van der Waals surface area (Å²) in [6.07, 6.45) is 1.62. The van der Waals surface area contributed by atoms with Crippen molar-refractivity contribution in [3.8, 4) is 0 Å². The third-order valence-electron chi connectivity index (χ3n) is 4.66. The van der Waals surface area contributed by atoms with E-state index in [1.165, 1.54) is 4.90 Å². The first-order valence-corrected chi connectivity index (χ1v) is 9.40. The molecule has 6 heteroatoms. The zero-order valence-corrected chi connectivity index (χ0v) is 16.5. The van der Waals surface area contributed by atoms with E-state index in [-0.39, 0.29) is 10.7 Å². The van der Waals surface area contributed by atoms with E-state index in [2.05, 4.69) is 5.32 Å². The number of amides is 2. The van der Waals surface area contributed by atoms with Crippen molar-refractivity contribution in [1.82, 2.24) is 5.32 Å². The maximum absolute atomic E-state index is 13.1. The molecule has 0 radical (unpaired) electrons. The van der Waals surface area contributed by atoms with E-state index in [9.17, 15) is 9.59 Å². The standard InChI is InChI=1S/C22H15ClN2O2S/c1-13-6-7-14(18-5-3-2-4-17(13)18)12-19-20(26)24-22(28)25(21(19)27)16-10-8-15(23)9-11-16/h2-12H,1H3,(H,24,26,28). The van der Waals surface area contributed by atoms with Crippen molar-refractivity contribution in [3.05, 3.63) is 82.4 Å². The van der Waals surface area contributed by atoms with Crippen molar-refractivity contribution in [2.45, 2.75) is 6.92 Å². The van der Waals surface area contributed by atoms with E-state index in [0.29, 0.717) is 10.7 Å². The van der Waals surface area contributed by atoms with Gasteiger partial charge in [0.15, 0.2) is 5.11 Å². The molecule has 4 rings (SSSR count). The second-order valence-corrected chi connectivity index (χ2v) is 7.27. The molecule has 1 aliphatic rings. The number of thiocarbonyl (C=S) groups is 1. The van der Waals surface area contributed by atoms with Crippen LogP contribution in [0.15, 0.2) is 66.2 Å². The Balaban J connectivity index is 1.82. The number of carbonyl (C=O) groups is 2. The summed E-state index contributed by atoms with van der Waals surface area (Å²) >= 11 is 11.2. The van der Waals surface area contributed by atoms with E-state index in [4.69, 9.17) is 23.8 Å². The first-order chi connectivity index (χ1) is 13.5. The smallest absolute Gasteiger partial charge is 0.270 e. The third kappa shape index (κ3) is 3.19. The Bertz CT molecular complexity index is 1170. The van der Waals surface area contributed by atoms with Gasteiger partial charge < -0.3 is 0 Å². The third-order valence-corrected chi connectivity index (χ3v) is 5.20. The number of hydrogen-bond acceptors (Lipinski definition) is 3. The minimum absolute atomic E-state index is 0.0255. The van der Waals surface area contributed by atoms with Gasteiger partial charge in [-0.25, -0.2) is 0 Å². The zero-order chi connectivity index (χ0) is 19.8. The Kier molecular flexibility index (Phi) is 4.71. The fraction of sp³-hybridized carbons (Fsp3) is 0.0455. The fourth-order valence-electron chi connectivity index (χ4n) is 3.24. The predicted octanol–water partition coefficient (Wildman–Crippen LogP) is 4.63. The maximum atomic E-state index is 13.1. The van der Waals surface area contributed by atoms with Crippen LogP contribution in [0.4, 0.5) is 5.69 Å². The Labute approximate surface area is 172 Å². The largest absolute Gasteiger partial charge is 0.298 e. The second kappa shape index (κ2) is 7.19. The SMILES string of the molecule is Cc1ccc(C=C2C(=O)NC(=S)N(c3ccc(Cl)cc3)C2=O)c2ccccc12. The van der Waals surface area contributed by atoms with Crippen LogP contribution >= 0.6 is 23.8 Å². The molecule has 4 nitrogen and oxygen atoms in total. The van der Waals surface area contributed by atoms with Crippen molar-refractivity contribution in [1.29, 1.82) is 0 Å². The quantitative estimate of drug-likeness (QED) is 0.383. The predicted molar refractivity (Wildman–Crippen MR) is 116 cm³/mol. The van der Waals surface area contributed by atoms with E-state index < -0.39 is 11.8 Å². The number of hydrogen-bond donors (Lipinski definition) is 1. The topological polar surface area (TPSA) is 49.4 Å². The van der Waals surface area contributed by atoms with Crippen LogP contribution in [0.25, 0.3) is 16.8 Å². The Morgan fingerprint density at radius 3 is 2.36 bits per heavy atom. The number of fused-ring (bicyclic) bond motifs is 1. The summed E-state index contributed by atoms with van der Waals surface area (Å²) in [7, 11) is 0. The molecular weight excluding hydrogens is 392 g/mol. The van der Waals surface area contributed by atoms with Gasteiger partial charge in [0.2, 0.25) is 0 Å². The molecule has 0 unspecified atom stereocenters. The molecule has 0 spiro atoms. The molecule has 138 valence electrons. The van der Waals surface area contributed by atoms with E-state index in [0.717, 1.165) is 21.9 Å². The average molecular weight is 407 g/mol. The minimum atomic E-state index is -0.509. The van der Waals surface area contributed by atoms with Gasteiger partial charge in [-0.3, -0.25) is 19.8 Å². The minimum Gasteiger partial charge on any atom is -0.298 e. The van der Waals surface area contributed by atoms with Gasteiger partial charge in [0.1, 0.15) is 5.57 Å². The molecule has 3 aromatic rings. The molecule has 2 amide bonds. The van der Waals surface area contributed by atoms with Gasteiger partial charge in [-0.15, -0.1) is 0 Å². The summed E-state index contributed by atoms with van der Waals surface area (Å²) in [5, 5.41) is 5.24. The highest BCUT2D eigenvalue weighted by molar-refractivity contribution is 7.80. The van der Waals surface area contributed by atoms with Crippen molar-refractivity contribution in [3.63, 3.8) is 0 Å². The molecular formula is C22H15ClN2O2S. The van der Waals surface area contributed by atoms with Crippen molar-refractivity contribution in [2.75, 3.05) is 4.90 Å². The van der Waals surface area contributed by atoms with Gasteiger partial charge in [-0.2, -0.15) is 0 Å². The van der Waals surface area contributed by atoms with Crippen LogP contribution in [0.1, 0.15) is 11.1 Å². The molecule has 1 aliphatic heterocycles. The lowest BCUT2D eigenvalue weighted by atomic mass is 9.98. The van der Waals surface area contributed by atoms with Gasteiger partial charge in [-0.1, -0.05) is 48.0 Å². The lowest BCUT2D eigenvalue weighted by Gasteiger charge is -2.29. The van der Waals surface area contributed by atoms with Crippen molar-refractivity contribution >= 4 is 63.3 Å². The average Bonchev–Trinajstić information content (AvgIpc) is 2.68. The molecule has 1 heterocycles. The Hall–Kier alpha value is -3.02. The number of nitrogens with zero attached hydrogens (tertiary/aromatic N) is 1. The number of benzene rings is 3. The lowest BCUT2D eigenvalue weighted by Crippen LogP contribution is -2.54. The molecule has 3 aromatic carbocycles. The second-order valence-electron chi connectivity index (χ2n) is 6.45. The summed E-state index contributed by atoms with van der Waals surface area (Å²) in [6.45, 7) is 2.03. The van der Waals surface area contributed by atoms with Gasteiger partial charge in [0.25, 0.3) is 11.8 Å². The first-order valence-electron chi connectivity index (χ1n) is 8.61. The summed E-state index contributed by atoms with van der Waals surface area (Å²) < 4.78 is 0. The number of anilines is 1. The van der Waals surface area contributed by atoms with E-state index in [1.807, 2.05) is 43.3 Å². The molecule has 0 atom stereocenters. The van der Waals surface area contributed by atoms with Crippen LogP contribution in [-0.4, -0.2) is 16.9 Å².